The van der Waals surface area contributed by atoms with E-state index in [4.69, 9.17) is 14.2 Å². The minimum absolute atomic E-state index is 0.341. The molecule has 0 saturated carbocycles. The number of ether oxygens (including phenoxy) is 3. The van der Waals surface area contributed by atoms with Gasteiger partial charge < -0.3 is 14.2 Å². The summed E-state index contributed by atoms with van der Waals surface area (Å²) in [5.41, 5.74) is 0.0791. The van der Waals surface area contributed by atoms with Gasteiger partial charge in [0.25, 0.3) is 0 Å². The minimum atomic E-state index is -1.28. The Hall–Kier alpha value is -2.82. The number of esters is 1. The Morgan fingerprint density at radius 3 is 2.24 bits per heavy atom. The van der Waals surface area contributed by atoms with E-state index in [2.05, 4.69) is 0 Å². The Bertz CT molecular complexity index is 750. The molecule has 25 heavy (non-hydrogen) atoms. The second-order valence-electron chi connectivity index (χ2n) is 6.09. The highest BCUT2D eigenvalue weighted by Gasteiger charge is 2.38. The SMILES string of the molecule is COC(=O)C(C)(C)C(=O)c1ccc(OC)c(OCc2ccccc2)c1. The van der Waals surface area contributed by atoms with Crippen LogP contribution in [0.5, 0.6) is 11.5 Å². The van der Waals surface area contributed by atoms with E-state index in [-0.39, 0.29) is 5.78 Å². The monoisotopic (exact) mass is 342 g/mol. The molecule has 0 aromatic heterocycles. The van der Waals surface area contributed by atoms with E-state index in [1.165, 1.54) is 28.1 Å². The average molecular weight is 342 g/mol. The molecule has 0 N–H and O–H groups in total. The molecule has 0 bridgehead atoms. The quantitative estimate of drug-likeness (QED) is 0.437. The normalized spacial score (nSPS) is 10.9. The molecule has 2 aromatic rings. The van der Waals surface area contributed by atoms with Gasteiger partial charge in [-0.05, 0) is 37.6 Å². The smallest absolute Gasteiger partial charge is 0.319 e. The zero-order chi connectivity index (χ0) is 18.4. The number of carbonyl (C=O) groups excluding carboxylic acids is 2. The van der Waals surface area contributed by atoms with Gasteiger partial charge in [-0.15, -0.1) is 0 Å². The molecule has 0 spiro atoms. The number of carbonyl (C=O) groups is 2. The number of Topliss-reactive ketones (excluding diaryl/α,β-unsaturated/α-hetero) is 1. The van der Waals surface area contributed by atoms with Crippen LogP contribution in [-0.4, -0.2) is 26.0 Å². The van der Waals surface area contributed by atoms with Crippen molar-refractivity contribution in [2.45, 2.75) is 20.5 Å². The molecular formula is C20H22O5. The van der Waals surface area contributed by atoms with Gasteiger partial charge in [0.05, 0.1) is 14.2 Å². The molecule has 0 heterocycles. The molecule has 5 heteroatoms. The number of benzene rings is 2. The highest BCUT2D eigenvalue weighted by atomic mass is 16.5. The minimum Gasteiger partial charge on any atom is -0.493 e. The van der Waals surface area contributed by atoms with Crippen LogP contribution < -0.4 is 9.47 Å². The fourth-order valence-electron chi connectivity index (χ4n) is 2.37. The molecule has 0 aliphatic carbocycles. The maximum atomic E-state index is 12.7. The summed E-state index contributed by atoms with van der Waals surface area (Å²) in [6.45, 7) is 3.42. The van der Waals surface area contributed by atoms with Crippen LogP contribution in [0, 0.1) is 5.41 Å². The first kappa shape index (κ1) is 18.5. The van der Waals surface area contributed by atoms with Crippen molar-refractivity contribution in [1.29, 1.82) is 0 Å². The van der Waals surface area contributed by atoms with Crippen molar-refractivity contribution >= 4 is 11.8 Å². The molecule has 132 valence electrons. The predicted molar refractivity (Wildman–Crippen MR) is 93.9 cm³/mol. The van der Waals surface area contributed by atoms with Gasteiger partial charge in [-0.3, -0.25) is 9.59 Å². The molecule has 0 unspecified atom stereocenters. The van der Waals surface area contributed by atoms with Gasteiger partial charge in [0.15, 0.2) is 17.3 Å². The van der Waals surface area contributed by atoms with E-state index in [0.29, 0.717) is 23.7 Å². The summed E-state index contributed by atoms with van der Waals surface area (Å²) in [7, 11) is 2.80. The van der Waals surface area contributed by atoms with Gasteiger partial charge in [0.2, 0.25) is 0 Å². The van der Waals surface area contributed by atoms with Crippen molar-refractivity contribution in [3.63, 3.8) is 0 Å². The fourth-order valence-corrected chi connectivity index (χ4v) is 2.37. The summed E-state index contributed by atoms with van der Waals surface area (Å²) in [4.78, 5) is 24.6. The van der Waals surface area contributed by atoms with Crippen LogP contribution in [0.4, 0.5) is 0 Å². The van der Waals surface area contributed by atoms with Crippen LogP contribution in [-0.2, 0) is 16.1 Å². The van der Waals surface area contributed by atoms with Crippen molar-refractivity contribution in [2.75, 3.05) is 14.2 Å². The first-order chi connectivity index (χ1) is 11.9. The van der Waals surface area contributed by atoms with E-state index < -0.39 is 11.4 Å². The summed E-state index contributed by atoms with van der Waals surface area (Å²) >= 11 is 0. The highest BCUT2D eigenvalue weighted by molar-refractivity contribution is 6.12. The van der Waals surface area contributed by atoms with E-state index in [0.717, 1.165) is 5.56 Å². The van der Waals surface area contributed by atoms with Crippen molar-refractivity contribution < 1.29 is 23.8 Å². The summed E-state index contributed by atoms with van der Waals surface area (Å²) in [5.74, 6) is 0.0351. The molecule has 0 atom stereocenters. The summed E-state index contributed by atoms with van der Waals surface area (Å²) in [6, 6.07) is 14.5. The maximum Gasteiger partial charge on any atom is 0.319 e. The van der Waals surface area contributed by atoms with Crippen molar-refractivity contribution in [1.82, 2.24) is 0 Å². The van der Waals surface area contributed by atoms with Gasteiger partial charge in [-0.1, -0.05) is 30.3 Å². The lowest BCUT2D eigenvalue weighted by molar-refractivity contribution is -0.147. The average Bonchev–Trinajstić information content (AvgIpc) is 2.65. The van der Waals surface area contributed by atoms with Crippen LogP contribution in [0.3, 0.4) is 0 Å². The largest absolute Gasteiger partial charge is 0.493 e. The number of hydrogen-bond donors (Lipinski definition) is 0. The molecular weight excluding hydrogens is 320 g/mol. The second kappa shape index (κ2) is 7.83. The van der Waals surface area contributed by atoms with Gasteiger partial charge in [0, 0.05) is 5.56 Å². The maximum absolute atomic E-state index is 12.7. The Balaban J connectivity index is 2.27. The topological polar surface area (TPSA) is 61.8 Å². The zero-order valence-electron chi connectivity index (χ0n) is 14.9. The Kier molecular flexibility index (Phi) is 5.80. The molecule has 2 aromatic carbocycles. The Morgan fingerprint density at radius 1 is 0.960 bits per heavy atom. The van der Waals surface area contributed by atoms with Crippen LogP contribution in [0.1, 0.15) is 29.8 Å². The molecule has 0 saturated heterocycles. The number of hydrogen-bond acceptors (Lipinski definition) is 5. The van der Waals surface area contributed by atoms with E-state index in [1.807, 2.05) is 30.3 Å². The molecule has 0 fully saturated rings. The van der Waals surface area contributed by atoms with Gasteiger partial charge >= 0.3 is 5.97 Å². The number of methoxy groups -OCH3 is 2. The molecule has 0 aliphatic rings. The first-order valence-corrected chi connectivity index (χ1v) is 7.88. The van der Waals surface area contributed by atoms with Gasteiger partial charge in [-0.25, -0.2) is 0 Å². The predicted octanol–water partition coefficient (Wildman–Crippen LogP) is 3.66. The first-order valence-electron chi connectivity index (χ1n) is 7.88. The Morgan fingerprint density at radius 2 is 1.64 bits per heavy atom. The lowest BCUT2D eigenvalue weighted by Crippen LogP contribution is -2.34. The third-order valence-electron chi connectivity index (χ3n) is 3.93. The Labute approximate surface area is 147 Å². The molecule has 2 rings (SSSR count). The third kappa shape index (κ3) is 4.18. The summed E-state index contributed by atoms with van der Waals surface area (Å²) in [6.07, 6.45) is 0. The van der Waals surface area contributed by atoms with Crippen LogP contribution in [0.25, 0.3) is 0 Å². The summed E-state index contributed by atoms with van der Waals surface area (Å²) in [5, 5.41) is 0. The zero-order valence-corrected chi connectivity index (χ0v) is 14.9. The lowest BCUT2D eigenvalue weighted by atomic mass is 9.84. The highest BCUT2D eigenvalue weighted by Crippen LogP contribution is 2.32. The molecule has 0 amide bonds. The van der Waals surface area contributed by atoms with Gasteiger partial charge in [0.1, 0.15) is 12.0 Å². The fraction of sp³-hybridized carbons (Fsp3) is 0.300. The number of rotatable bonds is 7. The summed E-state index contributed by atoms with van der Waals surface area (Å²) < 4.78 is 15.8. The lowest BCUT2D eigenvalue weighted by Gasteiger charge is -2.20. The van der Waals surface area contributed by atoms with E-state index >= 15 is 0 Å². The van der Waals surface area contributed by atoms with E-state index in [1.54, 1.807) is 18.2 Å². The van der Waals surface area contributed by atoms with Crippen molar-refractivity contribution in [2.24, 2.45) is 5.41 Å². The van der Waals surface area contributed by atoms with Crippen molar-refractivity contribution in [3.8, 4) is 11.5 Å². The van der Waals surface area contributed by atoms with Crippen LogP contribution in [0.15, 0.2) is 48.5 Å². The van der Waals surface area contributed by atoms with Crippen LogP contribution >= 0.6 is 0 Å². The van der Waals surface area contributed by atoms with Gasteiger partial charge in [-0.2, -0.15) is 0 Å². The standard InChI is InChI=1S/C20H22O5/c1-20(2,19(22)24-4)18(21)15-10-11-16(23-3)17(12-15)25-13-14-8-6-5-7-9-14/h5-12H,13H2,1-4H3. The molecule has 0 radical (unpaired) electrons. The second-order valence-corrected chi connectivity index (χ2v) is 6.09. The third-order valence-corrected chi connectivity index (χ3v) is 3.93. The molecule has 0 aliphatic heterocycles. The molecule has 5 nitrogen and oxygen atoms in total. The van der Waals surface area contributed by atoms with Crippen LogP contribution in [0.2, 0.25) is 0 Å². The van der Waals surface area contributed by atoms with Crippen molar-refractivity contribution in [3.05, 3.63) is 59.7 Å². The van der Waals surface area contributed by atoms with E-state index in [9.17, 15) is 9.59 Å². The number of ketones is 1.